The summed E-state index contributed by atoms with van der Waals surface area (Å²) in [7, 11) is 0. The van der Waals surface area contributed by atoms with Crippen LogP contribution in [0.1, 0.15) is 56.6 Å². The molecule has 1 saturated carbocycles. The normalized spacial score (nSPS) is 18.6. The van der Waals surface area contributed by atoms with Gasteiger partial charge in [0.1, 0.15) is 5.65 Å². The summed E-state index contributed by atoms with van der Waals surface area (Å²) >= 11 is 0. The van der Waals surface area contributed by atoms with Crippen LogP contribution in [0.2, 0.25) is 0 Å². The van der Waals surface area contributed by atoms with E-state index in [0.29, 0.717) is 24.4 Å². The highest BCUT2D eigenvalue weighted by Crippen LogP contribution is 2.51. The van der Waals surface area contributed by atoms with Crippen LogP contribution in [0.4, 0.5) is 11.6 Å². The molecule has 1 unspecified atom stereocenters. The van der Waals surface area contributed by atoms with Gasteiger partial charge in [-0.25, -0.2) is 4.98 Å². The predicted octanol–water partition coefficient (Wildman–Crippen LogP) is 3.83. The average molecular weight is 477 g/mol. The fraction of sp³-hybridized carbons (Fsp3) is 0.462. The van der Waals surface area contributed by atoms with E-state index in [1.165, 1.54) is 24.8 Å². The average Bonchev–Trinajstić information content (AvgIpc) is 3.21. The molecule has 0 radical (unpaired) electrons. The Hall–Kier alpha value is -3.46. The zero-order valence-corrected chi connectivity index (χ0v) is 19.8. The van der Waals surface area contributed by atoms with E-state index in [1.807, 2.05) is 18.2 Å². The molecule has 1 aromatic carbocycles. The number of nitrogens with one attached hydrogen (secondary N) is 1. The molecule has 1 aliphatic carbocycles. The second-order valence-corrected chi connectivity index (χ2v) is 9.86. The van der Waals surface area contributed by atoms with Crippen molar-refractivity contribution >= 4 is 34.5 Å². The third-order valence-electron chi connectivity index (χ3n) is 7.53. The molecule has 3 aromatic rings. The number of hydrogen-bond donors (Lipinski definition) is 3. The Labute approximate surface area is 204 Å². The first-order chi connectivity index (χ1) is 16.9. The lowest BCUT2D eigenvalue weighted by Crippen LogP contribution is -2.46. The minimum atomic E-state index is -1.01. The standard InChI is InChI=1S/C26H32N6O3/c27-22(33)15-21(26(24(34)35)9-5-10-26)32-13-8-19-16-28-25(30-23(19)32)29-20-7-4-6-18(14-20)17-31-11-2-1-3-12-31/h4,6-8,13-14,16,21H,1-3,5,9-12,15,17H2,(H2,27,33)(H,34,35)(H,28,29,30). The SMILES string of the molecule is NC(=O)CC(n1ccc2cnc(Nc3cccc(CN4CCCCC4)c3)nc21)C1(C(=O)O)CCC1. The molecule has 184 valence electrons. The lowest BCUT2D eigenvalue weighted by atomic mass is 9.63. The molecule has 4 N–H and O–H groups in total. The van der Waals surface area contributed by atoms with Gasteiger partial charge in [0.2, 0.25) is 11.9 Å². The number of anilines is 2. The number of nitrogens with two attached hydrogens (primary N) is 1. The lowest BCUT2D eigenvalue weighted by molar-refractivity contribution is -0.159. The number of fused-ring (bicyclic) bond motifs is 1. The highest BCUT2D eigenvalue weighted by atomic mass is 16.4. The quantitative estimate of drug-likeness (QED) is 0.428. The summed E-state index contributed by atoms with van der Waals surface area (Å²) in [6, 6.07) is 9.51. The number of nitrogens with zero attached hydrogens (tertiary/aromatic N) is 4. The first-order valence-electron chi connectivity index (χ1n) is 12.4. The Morgan fingerprint density at radius 1 is 1.14 bits per heavy atom. The summed E-state index contributed by atoms with van der Waals surface area (Å²) in [5.74, 6) is -1.000. The highest BCUT2D eigenvalue weighted by Gasteiger charge is 2.52. The molecule has 0 spiro atoms. The molecule has 1 amide bonds. The number of carbonyl (C=O) groups is 2. The number of carboxylic acid groups (broad SMARTS) is 1. The van der Waals surface area contributed by atoms with E-state index >= 15 is 0 Å². The number of carbonyl (C=O) groups excluding carboxylic acids is 1. The molecule has 3 heterocycles. The van der Waals surface area contributed by atoms with Gasteiger partial charge >= 0.3 is 5.97 Å². The van der Waals surface area contributed by atoms with E-state index < -0.39 is 23.3 Å². The molecule has 2 aliphatic rings. The maximum Gasteiger partial charge on any atom is 0.311 e. The van der Waals surface area contributed by atoms with E-state index in [0.717, 1.165) is 37.1 Å². The van der Waals surface area contributed by atoms with Crippen LogP contribution in [0, 0.1) is 5.41 Å². The van der Waals surface area contributed by atoms with Crippen LogP contribution in [0.5, 0.6) is 0 Å². The van der Waals surface area contributed by atoms with E-state index in [-0.39, 0.29) is 6.42 Å². The Balaban J connectivity index is 1.42. The number of primary amides is 1. The molecule has 35 heavy (non-hydrogen) atoms. The minimum absolute atomic E-state index is 0.0542. The topological polar surface area (TPSA) is 126 Å². The van der Waals surface area contributed by atoms with Gasteiger partial charge in [0.15, 0.2) is 0 Å². The number of likely N-dealkylation sites (tertiary alicyclic amines) is 1. The number of benzene rings is 1. The van der Waals surface area contributed by atoms with Gasteiger partial charge in [-0.2, -0.15) is 4.98 Å². The summed E-state index contributed by atoms with van der Waals surface area (Å²) in [4.78, 5) is 35.8. The van der Waals surface area contributed by atoms with Crippen LogP contribution >= 0.6 is 0 Å². The van der Waals surface area contributed by atoms with Crippen molar-refractivity contribution in [3.05, 3.63) is 48.3 Å². The zero-order valence-electron chi connectivity index (χ0n) is 19.8. The Kier molecular flexibility index (Phi) is 6.42. The van der Waals surface area contributed by atoms with Gasteiger partial charge in [-0.3, -0.25) is 14.5 Å². The van der Waals surface area contributed by atoms with Crippen molar-refractivity contribution in [2.75, 3.05) is 18.4 Å². The van der Waals surface area contributed by atoms with Crippen molar-refractivity contribution < 1.29 is 14.7 Å². The van der Waals surface area contributed by atoms with Gasteiger partial charge < -0.3 is 20.7 Å². The Bertz CT molecular complexity index is 1230. The van der Waals surface area contributed by atoms with Crippen LogP contribution in [-0.4, -0.2) is 49.5 Å². The molecule has 1 aliphatic heterocycles. The van der Waals surface area contributed by atoms with Gasteiger partial charge in [0.25, 0.3) is 0 Å². The van der Waals surface area contributed by atoms with Gasteiger partial charge in [-0.15, -0.1) is 0 Å². The molecule has 9 heteroatoms. The van der Waals surface area contributed by atoms with Gasteiger partial charge in [-0.1, -0.05) is 25.0 Å². The van der Waals surface area contributed by atoms with Crippen molar-refractivity contribution in [3.63, 3.8) is 0 Å². The lowest BCUT2D eigenvalue weighted by Gasteiger charge is -2.44. The predicted molar refractivity (Wildman–Crippen MR) is 133 cm³/mol. The molecule has 9 nitrogen and oxygen atoms in total. The minimum Gasteiger partial charge on any atom is -0.481 e. The van der Waals surface area contributed by atoms with Crippen LogP contribution in [-0.2, 0) is 16.1 Å². The summed E-state index contributed by atoms with van der Waals surface area (Å²) < 4.78 is 1.80. The largest absolute Gasteiger partial charge is 0.481 e. The maximum absolute atomic E-state index is 12.2. The second kappa shape index (κ2) is 9.65. The van der Waals surface area contributed by atoms with E-state index in [1.54, 1.807) is 17.0 Å². The zero-order chi connectivity index (χ0) is 24.4. The summed E-state index contributed by atoms with van der Waals surface area (Å²) in [5, 5.41) is 14.1. The summed E-state index contributed by atoms with van der Waals surface area (Å²) in [5.41, 5.74) is 7.24. The van der Waals surface area contributed by atoms with Crippen molar-refractivity contribution in [1.29, 1.82) is 0 Å². The van der Waals surface area contributed by atoms with Gasteiger partial charge in [-0.05, 0) is 62.5 Å². The summed E-state index contributed by atoms with van der Waals surface area (Å²) in [6.07, 6.45) is 9.12. The Morgan fingerprint density at radius 2 is 1.94 bits per heavy atom. The van der Waals surface area contributed by atoms with Gasteiger partial charge in [0.05, 0.1) is 11.5 Å². The van der Waals surface area contributed by atoms with Crippen LogP contribution in [0.25, 0.3) is 11.0 Å². The number of aromatic nitrogens is 3. The van der Waals surface area contributed by atoms with Gasteiger partial charge in [0, 0.05) is 36.4 Å². The maximum atomic E-state index is 12.2. The molecular weight excluding hydrogens is 444 g/mol. The molecular formula is C26H32N6O3. The first-order valence-corrected chi connectivity index (χ1v) is 12.4. The summed E-state index contributed by atoms with van der Waals surface area (Å²) in [6.45, 7) is 3.20. The number of rotatable bonds is 9. The molecule has 1 saturated heterocycles. The van der Waals surface area contributed by atoms with Crippen molar-refractivity contribution in [2.24, 2.45) is 11.1 Å². The van der Waals surface area contributed by atoms with Crippen LogP contribution in [0.15, 0.2) is 42.7 Å². The van der Waals surface area contributed by atoms with Crippen molar-refractivity contribution in [3.8, 4) is 0 Å². The third kappa shape index (κ3) is 4.73. The number of hydrogen-bond acceptors (Lipinski definition) is 6. The van der Waals surface area contributed by atoms with Crippen LogP contribution < -0.4 is 11.1 Å². The Morgan fingerprint density at radius 3 is 2.63 bits per heavy atom. The number of piperidine rings is 1. The molecule has 2 aromatic heterocycles. The van der Waals surface area contributed by atoms with E-state index in [9.17, 15) is 14.7 Å². The first kappa shape index (κ1) is 23.3. The number of amides is 1. The fourth-order valence-corrected chi connectivity index (χ4v) is 5.50. The highest BCUT2D eigenvalue weighted by molar-refractivity contribution is 5.82. The molecule has 1 atom stereocenters. The fourth-order valence-electron chi connectivity index (χ4n) is 5.50. The van der Waals surface area contributed by atoms with E-state index in [2.05, 4.69) is 27.3 Å². The molecule has 5 rings (SSSR count). The van der Waals surface area contributed by atoms with Crippen molar-refractivity contribution in [1.82, 2.24) is 19.4 Å². The number of aliphatic carboxylic acids is 1. The second-order valence-electron chi connectivity index (χ2n) is 9.86. The number of carboxylic acids is 1. The smallest absolute Gasteiger partial charge is 0.311 e. The molecule has 2 fully saturated rings. The molecule has 0 bridgehead atoms. The third-order valence-corrected chi connectivity index (χ3v) is 7.53. The van der Waals surface area contributed by atoms with Crippen molar-refractivity contribution in [2.45, 2.75) is 57.5 Å². The van der Waals surface area contributed by atoms with Crippen LogP contribution in [0.3, 0.4) is 0 Å². The van der Waals surface area contributed by atoms with E-state index in [4.69, 9.17) is 10.7 Å². The monoisotopic (exact) mass is 476 g/mol.